The van der Waals surface area contributed by atoms with Gasteiger partial charge in [-0.3, -0.25) is 9.36 Å². The summed E-state index contributed by atoms with van der Waals surface area (Å²) in [6, 6.07) is 15.3. The van der Waals surface area contributed by atoms with Gasteiger partial charge in [0.2, 0.25) is 5.91 Å². The normalized spacial score (nSPS) is 14.3. The molecule has 0 aliphatic heterocycles. The van der Waals surface area contributed by atoms with Crippen LogP contribution >= 0.6 is 23.4 Å². The highest BCUT2D eigenvalue weighted by molar-refractivity contribution is 8.00. The molecule has 0 saturated heterocycles. The third-order valence-electron chi connectivity index (χ3n) is 5.42. The van der Waals surface area contributed by atoms with Gasteiger partial charge in [0, 0.05) is 34.4 Å². The highest BCUT2D eigenvalue weighted by Gasteiger charge is 2.32. The number of nitrogens with zero attached hydrogens (tertiary/aromatic N) is 4. The topological polar surface area (TPSA) is 99.4 Å². The van der Waals surface area contributed by atoms with Crippen molar-refractivity contribution >= 4 is 45.9 Å². The van der Waals surface area contributed by atoms with E-state index >= 15 is 0 Å². The number of nitrogens with one attached hydrogen (secondary N) is 2. The number of fused-ring (bicyclic) bond motifs is 1. The van der Waals surface area contributed by atoms with Crippen molar-refractivity contribution in [2.75, 3.05) is 5.32 Å². The number of carbonyl (C=O) groups excluding carboxylic acids is 1. The van der Waals surface area contributed by atoms with Crippen LogP contribution < -0.4 is 5.32 Å². The molecular formula is C23H19ClN6OS. The van der Waals surface area contributed by atoms with E-state index < -0.39 is 5.25 Å². The lowest BCUT2D eigenvalue weighted by Gasteiger charge is -2.13. The summed E-state index contributed by atoms with van der Waals surface area (Å²) >= 11 is 7.46. The molecule has 1 saturated carbocycles. The van der Waals surface area contributed by atoms with Crippen LogP contribution in [-0.4, -0.2) is 30.9 Å². The molecule has 1 fully saturated rings. The van der Waals surface area contributed by atoms with Gasteiger partial charge in [0.1, 0.15) is 6.07 Å². The molecule has 1 atom stereocenters. The first-order valence-corrected chi connectivity index (χ1v) is 11.5. The summed E-state index contributed by atoms with van der Waals surface area (Å²) in [5.74, 6) is 0.647. The molecule has 5 rings (SSSR count). The monoisotopic (exact) mass is 462 g/mol. The van der Waals surface area contributed by atoms with Crippen LogP contribution in [0.3, 0.4) is 0 Å². The maximum absolute atomic E-state index is 12.8. The standard InChI is InChI=1S/C23H19ClN6OS/c1-13(22(31)27-15-7-6-14(11-25)19(24)10-15)32-23-29-28-21(30(23)16-8-9-16)18-12-26-20-5-3-2-4-17(18)20/h2-7,10,12-13,16,26H,8-9H2,1H3,(H,27,31). The van der Waals surface area contributed by atoms with Crippen LogP contribution in [0.5, 0.6) is 0 Å². The number of hydrogen-bond acceptors (Lipinski definition) is 5. The zero-order valence-corrected chi connectivity index (χ0v) is 18.7. The van der Waals surface area contributed by atoms with Gasteiger partial charge in [-0.05, 0) is 44.0 Å². The zero-order chi connectivity index (χ0) is 22.2. The first kappa shape index (κ1) is 20.6. The lowest BCUT2D eigenvalue weighted by atomic mass is 10.1. The minimum absolute atomic E-state index is 0.172. The molecule has 2 heterocycles. The van der Waals surface area contributed by atoms with E-state index in [1.54, 1.807) is 18.2 Å². The molecule has 2 aromatic carbocycles. The Balaban J connectivity index is 1.38. The molecule has 9 heteroatoms. The average Bonchev–Trinajstić information content (AvgIpc) is 3.41. The van der Waals surface area contributed by atoms with Gasteiger partial charge >= 0.3 is 0 Å². The Morgan fingerprint density at radius 2 is 2.12 bits per heavy atom. The smallest absolute Gasteiger partial charge is 0.237 e. The Labute approximate surface area is 193 Å². The number of halogens is 1. The van der Waals surface area contributed by atoms with E-state index in [4.69, 9.17) is 16.9 Å². The Bertz CT molecular complexity index is 1370. The minimum atomic E-state index is -0.401. The second-order valence-electron chi connectivity index (χ2n) is 7.71. The van der Waals surface area contributed by atoms with E-state index in [2.05, 4.69) is 31.1 Å². The van der Waals surface area contributed by atoms with Gasteiger partial charge < -0.3 is 10.3 Å². The summed E-state index contributed by atoms with van der Waals surface area (Å²) in [6.45, 7) is 1.84. The Morgan fingerprint density at radius 3 is 2.88 bits per heavy atom. The second-order valence-corrected chi connectivity index (χ2v) is 9.43. The molecule has 4 aromatic rings. The van der Waals surface area contributed by atoms with E-state index in [0.29, 0.717) is 22.3 Å². The minimum Gasteiger partial charge on any atom is -0.360 e. The van der Waals surface area contributed by atoms with Gasteiger partial charge in [0.25, 0.3) is 0 Å². The molecule has 2 aromatic heterocycles. The summed E-state index contributed by atoms with van der Waals surface area (Å²) in [4.78, 5) is 16.1. The molecular weight excluding hydrogens is 444 g/mol. The van der Waals surface area contributed by atoms with Crippen molar-refractivity contribution in [2.24, 2.45) is 0 Å². The predicted molar refractivity (Wildman–Crippen MR) is 126 cm³/mol. The number of aromatic amines is 1. The van der Waals surface area contributed by atoms with Crippen LogP contribution in [-0.2, 0) is 4.79 Å². The molecule has 2 N–H and O–H groups in total. The zero-order valence-electron chi connectivity index (χ0n) is 17.2. The van der Waals surface area contributed by atoms with Gasteiger partial charge in [-0.2, -0.15) is 5.26 Å². The van der Waals surface area contributed by atoms with Gasteiger partial charge in [0.15, 0.2) is 11.0 Å². The summed E-state index contributed by atoms with van der Waals surface area (Å²) in [5, 5.41) is 22.5. The number of aromatic nitrogens is 4. The number of benzene rings is 2. The fourth-order valence-corrected chi connectivity index (χ4v) is 4.74. The van der Waals surface area contributed by atoms with E-state index in [9.17, 15) is 4.79 Å². The Morgan fingerprint density at radius 1 is 1.31 bits per heavy atom. The summed E-state index contributed by atoms with van der Waals surface area (Å²) in [6.07, 6.45) is 4.11. The fraction of sp³-hybridized carbons (Fsp3) is 0.217. The molecule has 0 bridgehead atoms. The van der Waals surface area contributed by atoms with E-state index in [1.165, 1.54) is 11.8 Å². The summed E-state index contributed by atoms with van der Waals surface area (Å²) in [5.41, 5.74) is 2.98. The quantitative estimate of drug-likeness (QED) is 0.373. The van der Waals surface area contributed by atoms with Crippen molar-refractivity contribution in [1.82, 2.24) is 19.7 Å². The van der Waals surface area contributed by atoms with Crippen LogP contribution in [0.25, 0.3) is 22.3 Å². The first-order valence-electron chi connectivity index (χ1n) is 10.2. The molecule has 32 heavy (non-hydrogen) atoms. The number of para-hydroxylation sites is 1. The van der Waals surface area contributed by atoms with Crippen molar-refractivity contribution in [3.05, 3.63) is 59.2 Å². The van der Waals surface area contributed by atoms with Gasteiger partial charge in [-0.1, -0.05) is 41.6 Å². The van der Waals surface area contributed by atoms with Crippen molar-refractivity contribution in [3.8, 4) is 17.5 Å². The average molecular weight is 463 g/mol. The molecule has 1 aliphatic carbocycles. The number of nitriles is 1. The molecule has 0 radical (unpaired) electrons. The molecule has 160 valence electrons. The van der Waals surface area contributed by atoms with E-state index in [-0.39, 0.29) is 5.91 Å². The molecule has 0 spiro atoms. The summed E-state index contributed by atoms with van der Waals surface area (Å²) < 4.78 is 2.16. The van der Waals surface area contributed by atoms with Crippen LogP contribution in [0.15, 0.2) is 53.8 Å². The lowest BCUT2D eigenvalue weighted by molar-refractivity contribution is -0.115. The van der Waals surface area contributed by atoms with E-state index in [0.717, 1.165) is 40.3 Å². The van der Waals surface area contributed by atoms with Crippen molar-refractivity contribution in [3.63, 3.8) is 0 Å². The van der Waals surface area contributed by atoms with E-state index in [1.807, 2.05) is 37.4 Å². The number of thioether (sulfide) groups is 1. The van der Waals surface area contributed by atoms with Crippen molar-refractivity contribution in [1.29, 1.82) is 5.26 Å². The van der Waals surface area contributed by atoms with Crippen LogP contribution in [0.2, 0.25) is 5.02 Å². The summed E-state index contributed by atoms with van der Waals surface area (Å²) in [7, 11) is 0. The number of hydrogen-bond donors (Lipinski definition) is 2. The highest BCUT2D eigenvalue weighted by Crippen LogP contribution is 2.42. The fourth-order valence-electron chi connectivity index (χ4n) is 3.60. The largest absolute Gasteiger partial charge is 0.360 e. The molecule has 7 nitrogen and oxygen atoms in total. The maximum atomic E-state index is 12.8. The molecule has 1 unspecified atom stereocenters. The Kier molecular flexibility index (Phi) is 5.37. The number of rotatable bonds is 6. The first-order chi connectivity index (χ1) is 15.5. The number of amides is 1. The maximum Gasteiger partial charge on any atom is 0.237 e. The van der Waals surface area contributed by atoms with Gasteiger partial charge in [-0.25, -0.2) is 0 Å². The Hall–Kier alpha value is -3.28. The highest BCUT2D eigenvalue weighted by atomic mass is 35.5. The van der Waals surface area contributed by atoms with Gasteiger partial charge in [0.05, 0.1) is 15.8 Å². The van der Waals surface area contributed by atoms with Gasteiger partial charge in [-0.15, -0.1) is 10.2 Å². The number of H-pyrrole nitrogens is 1. The van der Waals surface area contributed by atoms with Crippen molar-refractivity contribution < 1.29 is 4.79 Å². The number of anilines is 1. The second kappa shape index (κ2) is 8.34. The lowest BCUT2D eigenvalue weighted by Crippen LogP contribution is -2.23. The predicted octanol–water partition coefficient (Wildman–Crippen LogP) is 5.41. The van der Waals surface area contributed by atoms with Crippen LogP contribution in [0.1, 0.15) is 31.4 Å². The number of carbonyl (C=O) groups is 1. The third-order valence-corrected chi connectivity index (χ3v) is 6.78. The molecule has 1 aliphatic rings. The van der Waals surface area contributed by atoms with Crippen LogP contribution in [0, 0.1) is 11.3 Å². The van der Waals surface area contributed by atoms with Crippen LogP contribution in [0.4, 0.5) is 5.69 Å². The van der Waals surface area contributed by atoms with Crippen molar-refractivity contribution in [2.45, 2.75) is 36.2 Å². The third kappa shape index (κ3) is 3.85. The SMILES string of the molecule is CC(Sc1nnc(-c2c[nH]c3ccccc23)n1C1CC1)C(=O)Nc1ccc(C#N)c(Cl)c1. The molecule has 1 amide bonds.